The molecule has 0 aliphatic carbocycles. The number of aromatic nitrogens is 2. The first-order chi connectivity index (χ1) is 11.7. The number of benzene rings is 1. The van der Waals surface area contributed by atoms with Crippen molar-refractivity contribution in [1.82, 2.24) is 9.38 Å². The van der Waals surface area contributed by atoms with E-state index in [-0.39, 0.29) is 5.91 Å². The fourth-order valence-corrected chi connectivity index (χ4v) is 3.24. The lowest BCUT2D eigenvalue weighted by atomic mass is 10.2. The number of hydrogen-bond acceptors (Lipinski definition) is 3. The van der Waals surface area contributed by atoms with Gasteiger partial charge in [0.1, 0.15) is 11.3 Å². The first-order valence-corrected chi connectivity index (χ1v) is 8.38. The number of amides is 1. The largest absolute Gasteiger partial charge is 0.370 e. The predicted molar refractivity (Wildman–Crippen MR) is 96.0 cm³/mol. The van der Waals surface area contributed by atoms with Gasteiger partial charge in [-0.05, 0) is 43.2 Å². The smallest absolute Gasteiger partial charge is 0.275 e. The molecule has 1 aromatic carbocycles. The highest BCUT2D eigenvalue weighted by molar-refractivity contribution is 6.31. The Bertz CT molecular complexity index is 866. The molecule has 1 amide bonds. The summed E-state index contributed by atoms with van der Waals surface area (Å²) in [4.78, 5) is 19.2. The summed E-state index contributed by atoms with van der Waals surface area (Å²) < 4.78 is 1.83. The lowest BCUT2D eigenvalue weighted by Gasteiger charge is -2.21. The Morgan fingerprint density at radius 2 is 2.00 bits per heavy atom. The SMILES string of the molecule is O=C(Nc1cc(Cl)ccc1N1CCCC1)c1cn2ccccc2n1. The van der Waals surface area contributed by atoms with Gasteiger partial charge in [-0.15, -0.1) is 0 Å². The van der Waals surface area contributed by atoms with Gasteiger partial charge in [-0.1, -0.05) is 17.7 Å². The summed E-state index contributed by atoms with van der Waals surface area (Å²) in [5.74, 6) is -0.235. The summed E-state index contributed by atoms with van der Waals surface area (Å²) in [7, 11) is 0. The second kappa shape index (κ2) is 6.17. The molecule has 1 N–H and O–H groups in total. The number of anilines is 2. The number of carbonyl (C=O) groups excluding carboxylic acids is 1. The second-order valence-electron chi connectivity index (χ2n) is 5.90. The maximum absolute atomic E-state index is 12.6. The van der Waals surface area contributed by atoms with Crippen molar-refractivity contribution in [2.75, 3.05) is 23.3 Å². The van der Waals surface area contributed by atoms with Crippen LogP contribution in [0.4, 0.5) is 11.4 Å². The third kappa shape index (κ3) is 2.83. The number of carbonyl (C=O) groups is 1. The molecule has 24 heavy (non-hydrogen) atoms. The molecular weight excluding hydrogens is 324 g/mol. The van der Waals surface area contributed by atoms with Gasteiger partial charge in [0.05, 0.1) is 11.4 Å². The summed E-state index contributed by atoms with van der Waals surface area (Å²) in [5.41, 5.74) is 2.86. The minimum atomic E-state index is -0.235. The number of imidazole rings is 1. The van der Waals surface area contributed by atoms with Crippen LogP contribution >= 0.6 is 11.6 Å². The highest BCUT2D eigenvalue weighted by Gasteiger charge is 2.18. The van der Waals surface area contributed by atoms with E-state index in [4.69, 9.17) is 11.6 Å². The molecule has 1 aliphatic rings. The molecule has 6 heteroatoms. The van der Waals surface area contributed by atoms with Gasteiger partial charge in [0.25, 0.3) is 5.91 Å². The predicted octanol–water partition coefficient (Wildman–Crippen LogP) is 3.84. The maximum atomic E-state index is 12.6. The molecule has 1 aliphatic heterocycles. The molecular formula is C18H17ClN4O. The second-order valence-corrected chi connectivity index (χ2v) is 6.34. The fourth-order valence-electron chi connectivity index (χ4n) is 3.07. The van der Waals surface area contributed by atoms with Gasteiger partial charge in [-0.2, -0.15) is 0 Å². The fraction of sp³-hybridized carbons (Fsp3) is 0.222. The van der Waals surface area contributed by atoms with Crippen LogP contribution in [0.15, 0.2) is 48.8 Å². The van der Waals surface area contributed by atoms with Gasteiger partial charge in [0.15, 0.2) is 0 Å². The molecule has 1 fully saturated rings. The number of hydrogen-bond donors (Lipinski definition) is 1. The van der Waals surface area contributed by atoms with E-state index >= 15 is 0 Å². The van der Waals surface area contributed by atoms with Crippen molar-refractivity contribution >= 4 is 34.5 Å². The highest BCUT2D eigenvalue weighted by atomic mass is 35.5. The molecule has 0 saturated carbocycles. The van der Waals surface area contributed by atoms with E-state index in [1.165, 1.54) is 12.8 Å². The molecule has 0 spiro atoms. The number of nitrogens with zero attached hydrogens (tertiary/aromatic N) is 3. The molecule has 1 saturated heterocycles. The van der Waals surface area contributed by atoms with E-state index in [1.54, 1.807) is 12.3 Å². The number of halogens is 1. The van der Waals surface area contributed by atoms with E-state index in [1.807, 2.05) is 40.9 Å². The molecule has 4 rings (SSSR count). The molecule has 3 aromatic rings. The highest BCUT2D eigenvalue weighted by Crippen LogP contribution is 2.31. The molecule has 0 atom stereocenters. The summed E-state index contributed by atoms with van der Waals surface area (Å²) in [6.07, 6.45) is 5.93. The topological polar surface area (TPSA) is 49.6 Å². The Morgan fingerprint density at radius 1 is 1.17 bits per heavy atom. The zero-order valence-corrected chi connectivity index (χ0v) is 13.8. The lowest BCUT2D eigenvalue weighted by molar-refractivity contribution is 0.102. The summed E-state index contributed by atoms with van der Waals surface area (Å²) in [6.45, 7) is 2.00. The monoisotopic (exact) mass is 340 g/mol. The number of pyridine rings is 1. The molecule has 2 aromatic heterocycles. The zero-order chi connectivity index (χ0) is 16.5. The van der Waals surface area contributed by atoms with Crippen LogP contribution in [0.2, 0.25) is 5.02 Å². The molecule has 0 bridgehead atoms. The van der Waals surface area contributed by atoms with Crippen LogP contribution < -0.4 is 10.2 Å². The Balaban J connectivity index is 1.64. The van der Waals surface area contributed by atoms with Gasteiger partial charge >= 0.3 is 0 Å². The summed E-state index contributed by atoms with van der Waals surface area (Å²) in [5, 5.41) is 3.56. The van der Waals surface area contributed by atoms with Crippen molar-refractivity contribution in [2.45, 2.75) is 12.8 Å². The van der Waals surface area contributed by atoms with E-state index in [0.29, 0.717) is 10.7 Å². The summed E-state index contributed by atoms with van der Waals surface area (Å²) in [6, 6.07) is 11.3. The number of nitrogens with one attached hydrogen (secondary N) is 1. The van der Waals surface area contributed by atoms with Crippen molar-refractivity contribution in [3.8, 4) is 0 Å². The van der Waals surface area contributed by atoms with Gasteiger partial charge in [-0.25, -0.2) is 4.98 Å². The minimum Gasteiger partial charge on any atom is -0.370 e. The Labute approximate surface area is 144 Å². The van der Waals surface area contributed by atoms with E-state index in [9.17, 15) is 4.79 Å². The van der Waals surface area contributed by atoms with Gasteiger partial charge in [0, 0.05) is 30.5 Å². The van der Waals surface area contributed by atoms with Crippen LogP contribution in [0.25, 0.3) is 5.65 Å². The Hall–Kier alpha value is -2.53. The van der Waals surface area contributed by atoms with Crippen molar-refractivity contribution in [1.29, 1.82) is 0 Å². The van der Waals surface area contributed by atoms with E-state index in [2.05, 4.69) is 15.2 Å². The third-order valence-corrected chi connectivity index (χ3v) is 4.49. The molecule has 5 nitrogen and oxygen atoms in total. The van der Waals surface area contributed by atoms with Crippen molar-refractivity contribution < 1.29 is 4.79 Å². The number of fused-ring (bicyclic) bond motifs is 1. The number of rotatable bonds is 3. The van der Waals surface area contributed by atoms with E-state index in [0.717, 1.165) is 30.1 Å². The van der Waals surface area contributed by atoms with Crippen LogP contribution in [0, 0.1) is 0 Å². The van der Waals surface area contributed by atoms with Crippen molar-refractivity contribution in [3.63, 3.8) is 0 Å². The van der Waals surface area contributed by atoms with Crippen LogP contribution in [0.5, 0.6) is 0 Å². The molecule has 0 unspecified atom stereocenters. The van der Waals surface area contributed by atoms with Crippen molar-refractivity contribution in [2.24, 2.45) is 0 Å². The normalized spacial score (nSPS) is 14.3. The summed E-state index contributed by atoms with van der Waals surface area (Å²) >= 11 is 6.13. The van der Waals surface area contributed by atoms with Crippen LogP contribution in [-0.4, -0.2) is 28.4 Å². The van der Waals surface area contributed by atoms with Crippen LogP contribution in [0.1, 0.15) is 23.3 Å². The van der Waals surface area contributed by atoms with Crippen LogP contribution in [0.3, 0.4) is 0 Å². The van der Waals surface area contributed by atoms with Crippen LogP contribution in [-0.2, 0) is 0 Å². The lowest BCUT2D eigenvalue weighted by Crippen LogP contribution is -2.21. The van der Waals surface area contributed by atoms with Gasteiger partial charge in [0.2, 0.25) is 0 Å². The molecule has 3 heterocycles. The average molecular weight is 341 g/mol. The Morgan fingerprint density at radius 3 is 2.79 bits per heavy atom. The molecule has 122 valence electrons. The minimum absolute atomic E-state index is 0.235. The zero-order valence-electron chi connectivity index (χ0n) is 13.1. The van der Waals surface area contributed by atoms with Crippen molar-refractivity contribution in [3.05, 3.63) is 59.5 Å². The van der Waals surface area contributed by atoms with E-state index < -0.39 is 0 Å². The average Bonchev–Trinajstić information content (AvgIpc) is 3.24. The standard InChI is InChI=1S/C18H17ClN4O/c19-13-6-7-16(22-8-3-4-9-22)14(11-13)21-18(24)15-12-23-10-2-1-5-17(23)20-15/h1-2,5-7,10-12H,3-4,8-9H2,(H,21,24). The quantitative estimate of drug-likeness (QED) is 0.788. The van der Waals surface area contributed by atoms with Gasteiger partial charge < -0.3 is 14.6 Å². The third-order valence-electron chi connectivity index (χ3n) is 4.25. The first kappa shape index (κ1) is 15.0. The van der Waals surface area contributed by atoms with Gasteiger partial charge in [-0.3, -0.25) is 4.79 Å². The Kier molecular flexibility index (Phi) is 3.86. The maximum Gasteiger partial charge on any atom is 0.275 e. The first-order valence-electron chi connectivity index (χ1n) is 8.00. The molecule has 0 radical (unpaired) electrons.